The van der Waals surface area contributed by atoms with E-state index in [4.69, 9.17) is 5.11 Å². The van der Waals surface area contributed by atoms with Crippen LogP contribution in [0.4, 0.5) is 0 Å². The van der Waals surface area contributed by atoms with Gasteiger partial charge >= 0.3 is 5.97 Å². The zero-order valence-electron chi connectivity index (χ0n) is 9.40. The number of aliphatic hydroxyl groups is 1. The number of benzene rings is 1. The highest BCUT2D eigenvalue weighted by atomic mass is 16.4. The number of phenols is 1. The van der Waals surface area contributed by atoms with Crippen molar-refractivity contribution < 1.29 is 20.1 Å². The van der Waals surface area contributed by atoms with Crippen LogP contribution in [-0.2, 0) is 17.6 Å². The fourth-order valence-electron chi connectivity index (χ4n) is 1.63. The zero-order valence-corrected chi connectivity index (χ0v) is 9.40. The van der Waals surface area contributed by atoms with Crippen LogP contribution in [0.1, 0.15) is 36.6 Å². The fraction of sp³-hybridized carbons (Fsp3) is 0.417. The van der Waals surface area contributed by atoms with E-state index < -0.39 is 12.1 Å². The summed E-state index contributed by atoms with van der Waals surface area (Å²) in [7, 11) is 0. The molecule has 1 aromatic carbocycles. The summed E-state index contributed by atoms with van der Waals surface area (Å²) in [5.41, 5.74) is 1.64. The number of hydrogen-bond acceptors (Lipinski definition) is 3. The summed E-state index contributed by atoms with van der Waals surface area (Å²) in [6, 6.07) is 3.07. The highest BCUT2D eigenvalue weighted by Crippen LogP contribution is 2.28. The maximum absolute atomic E-state index is 10.7. The van der Waals surface area contributed by atoms with Gasteiger partial charge in [-0.3, -0.25) is 0 Å². The van der Waals surface area contributed by atoms with Gasteiger partial charge in [-0.2, -0.15) is 0 Å². The van der Waals surface area contributed by atoms with Gasteiger partial charge in [-0.25, -0.2) is 4.79 Å². The number of aliphatic hydroxyl groups excluding tert-OH is 1. The summed E-state index contributed by atoms with van der Waals surface area (Å²) >= 11 is 0. The van der Waals surface area contributed by atoms with E-state index in [1.54, 1.807) is 0 Å². The maximum atomic E-state index is 10.7. The van der Waals surface area contributed by atoms with Crippen LogP contribution in [0.15, 0.2) is 12.1 Å². The molecule has 16 heavy (non-hydrogen) atoms. The molecule has 0 aliphatic rings. The first kappa shape index (κ1) is 12.5. The molecule has 0 heterocycles. The second kappa shape index (κ2) is 4.99. The van der Waals surface area contributed by atoms with E-state index in [0.717, 1.165) is 0 Å². The van der Waals surface area contributed by atoms with Crippen LogP contribution in [0.2, 0.25) is 0 Å². The molecule has 0 radical (unpaired) electrons. The monoisotopic (exact) mass is 224 g/mol. The van der Waals surface area contributed by atoms with Crippen molar-refractivity contribution in [3.05, 3.63) is 28.8 Å². The second-order valence-electron chi connectivity index (χ2n) is 3.64. The van der Waals surface area contributed by atoms with Gasteiger partial charge in [-0.1, -0.05) is 13.8 Å². The fourth-order valence-corrected chi connectivity index (χ4v) is 1.63. The Morgan fingerprint density at radius 3 is 2.00 bits per heavy atom. The Balaban J connectivity index is 3.26. The number of aryl methyl sites for hydroxylation is 2. The average molecular weight is 224 g/mol. The van der Waals surface area contributed by atoms with Crippen LogP contribution in [0, 0.1) is 0 Å². The highest BCUT2D eigenvalue weighted by molar-refractivity contribution is 5.74. The van der Waals surface area contributed by atoms with Crippen molar-refractivity contribution in [2.24, 2.45) is 0 Å². The van der Waals surface area contributed by atoms with Crippen LogP contribution in [0.3, 0.4) is 0 Å². The van der Waals surface area contributed by atoms with Gasteiger partial charge in [-0.05, 0) is 41.7 Å². The van der Waals surface area contributed by atoms with Gasteiger partial charge in [0, 0.05) is 0 Å². The molecule has 0 amide bonds. The molecular weight excluding hydrogens is 208 g/mol. The van der Waals surface area contributed by atoms with Crippen molar-refractivity contribution in [1.29, 1.82) is 0 Å². The van der Waals surface area contributed by atoms with Crippen molar-refractivity contribution in [3.63, 3.8) is 0 Å². The predicted octanol–water partition coefficient (Wildman–Crippen LogP) is 1.63. The molecule has 0 aliphatic heterocycles. The molecule has 1 aromatic rings. The third-order valence-electron chi connectivity index (χ3n) is 2.60. The van der Waals surface area contributed by atoms with Crippen molar-refractivity contribution in [2.75, 3.05) is 0 Å². The Labute approximate surface area is 94.2 Å². The smallest absolute Gasteiger partial charge is 0.337 e. The molecule has 3 N–H and O–H groups in total. The molecule has 1 atom stereocenters. The van der Waals surface area contributed by atoms with E-state index >= 15 is 0 Å². The Bertz CT molecular complexity index is 373. The zero-order chi connectivity index (χ0) is 12.3. The molecule has 0 fully saturated rings. The quantitative estimate of drug-likeness (QED) is 0.726. The molecule has 4 heteroatoms. The Kier molecular flexibility index (Phi) is 3.90. The van der Waals surface area contributed by atoms with Gasteiger partial charge in [0.15, 0.2) is 6.10 Å². The Morgan fingerprint density at radius 2 is 1.69 bits per heavy atom. The average Bonchev–Trinajstić information content (AvgIpc) is 2.28. The molecule has 0 saturated heterocycles. The summed E-state index contributed by atoms with van der Waals surface area (Å²) in [4.78, 5) is 10.7. The third-order valence-corrected chi connectivity index (χ3v) is 2.60. The lowest BCUT2D eigenvalue weighted by Crippen LogP contribution is -2.11. The number of hydrogen-bond donors (Lipinski definition) is 3. The molecule has 0 spiro atoms. The Hall–Kier alpha value is -1.55. The van der Waals surface area contributed by atoms with Crippen molar-refractivity contribution in [2.45, 2.75) is 32.8 Å². The number of aromatic hydroxyl groups is 1. The predicted molar refractivity (Wildman–Crippen MR) is 59.5 cm³/mol. The first-order valence-corrected chi connectivity index (χ1v) is 5.26. The lowest BCUT2D eigenvalue weighted by Gasteiger charge is -2.12. The van der Waals surface area contributed by atoms with Gasteiger partial charge in [0.2, 0.25) is 0 Å². The van der Waals surface area contributed by atoms with Crippen molar-refractivity contribution in [1.82, 2.24) is 0 Å². The van der Waals surface area contributed by atoms with E-state index in [0.29, 0.717) is 29.5 Å². The normalized spacial score (nSPS) is 12.4. The van der Waals surface area contributed by atoms with E-state index in [2.05, 4.69) is 0 Å². The first-order chi connectivity index (χ1) is 7.51. The van der Waals surface area contributed by atoms with Crippen molar-refractivity contribution >= 4 is 5.97 Å². The molecule has 1 rings (SSSR count). The van der Waals surface area contributed by atoms with Crippen LogP contribution >= 0.6 is 0 Å². The molecule has 0 aromatic heterocycles. The summed E-state index contributed by atoms with van der Waals surface area (Å²) < 4.78 is 0. The van der Waals surface area contributed by atoms with Crippen LogP contribution in [0.25, 0.3) is 0 Å². The topological polar surface area (TPSA) is 77.8 Å². The highest BCUT2D eigenvalue weighted by Gasteiger charge is 2.18. The summed E-state index contributed by atoms with van der Waals surface area (Å²) in [6.07, 6.45) is -0.339. The number of carbonyl (C=O) groups is 1. The van der Waals surface area contributed by atoms with Gasteiger partial charge < -0.3 is 15.3 Å². The maximum Gasteiger partial charge on any atom is 0.337 e. The van der Waals surface area contributed by atoms with Gasteiger partial charge in [0.05, 0.1) is 0 Å². The molecule has 0 saturated carbocycles. The minimum atomic E-state index is -1.53. The van der Waals surface area contributed by atoms with Crippen LogP contribution < -0.4 is 0 Å². The van der Waals surface area contributed by atoms with Crippen LogP contribution in [-0.4, -0.2) is 21.3 Å². The summed E-state index contributed by atoms with van der Waals surface area (Å²) in [5.74, 6) is -1.08. The molecule has 88 valence electrons. The standard InChI is InChI=1S/C12H16O4/c1-3-7-5-9(11(14)12(15)16)6-8(4-2)10(7)13/h5-6,11,13-14H,3-4H2,1-2H3,(H,15,16). The Morgan fingerprint density at radius 1 is 1.25 bits per heavy atom. The lowest BCUT2D eigenvalue weighted by molar-refractivity contribution is -0.146. The number of carboxylic acids is 1. The summed E-state index contributed by atoms with van der Waals surface area (Å²) in [6.45, 7) is 3.73. The minimum absolute atomic E-state index is 0.200. The molecule has 0 bridgehead atoms. The SMILES string of the molecule is CCc1cc(C(O)C(=O)O)cc(CC)c1O. The van der Waals surface area contributed by atoms with Gasteiger partial charge in [0.1, 0.15) is 5.75 Å². The van der Waals surface area contributed by atoms with E-state index in [-0.39, 0.29) is 5.75 Å². The van der Waals surface area contributed by atoms with Gasteiger partial charge in [-0.15, -0.1) is 0 Å². The summed E-state index contributed by atoms with van der Waals surface area (Å²) in [5, 5.41) is 28.0. The minimum Gasteiger partial charge on any atom is -0.507 e. The van der Waals surface area contributed by atoms with E-state index in [1.807, 2.05) is 13.8 Å². The van der Waals surface area contributed by atoms with Gasteiger partial charge in [0.25, 0.3) is 0 Å². The second-order valence-corrected chi connectivity index (χ2v) is 3.64. The lowest BCUT2D eigenvalue weighted by atomic mass is 9.98. The van der Waals surface area contributed by atoms with Crippen LogP contribution in [0.5, 0.6) is 5.75 Å². The third kappa shape index (κ3) is 2.33. The van der Waals surface area contributed by atoms with E-state index in [9.17, 15) is 15.0 Å². The van der Waals surface area contributed by atoms with E-state index in [1.165, 1.54) is 12.1 Å². The number of phenolic OH excluding ortho intramolecular Hbond substituents is 1. The molecule has 4 nitrogen and oxygen atoms in total. The number of rotatable bonds is 4. The first-order valence-electron chi connectivity index (χ1n) is 5.26. The van der Waals surface area contributed by atoms with Crippen molar-refractivity contribution in [3.8, 4) is 5.75 Å². The number of aliphatic carboxylic acids is 1. The molecule has 0 aliphatic carbocycles. The molecular formula is C12H16O4. The number of carboxylic acid groups (broad SMARTS) is 1. The molecule has 1 unspecified atom stereocenters. The largest absolute Gasteiger partial charge is 0.507 e.